The fourth-order valence-corrected chi connectivity index (χ4v) is 5.32. The lowest BCUT2D eigenvalue weighted by atomic mass is 9.96. The number of nitrogens with one attached hydrogen (secondary N) is 1. The number of hydrogen-bond donors (Lipinski definition) is 1. The van der Waals surface area contributed by atoms with Crippen molar-refractivity contribution in [1.82, 2.24) is 24.5 Å². The molecule has 2 bridgehead atoms. The molecule has 2 unspecified atom stereocenters. The Bertz CT molecular complexity index is 1160. The Kier molecular flexibility index (Phi) is 4.65. The standard InChI is InChI=1S/C25H26N6/c1-2-4-18(5-3-1)17-30-21-6-7-22(30)15-20(14-21)28-24-8-9-25-27-16-23(31(25)29-24)19-10-12-26-13-11-19/h1-5,8-13,16,20-22H,6-7,14-15,17H2,(H,28,29). The average Bonchev–Trinajstić information content (AvgIpc) is 3.32. The van der Waals surface area contributed by atoms with Crippen LogP contribution in [0.15, 0.2) is 73.2 Å². The quantitative estimate of drug-likeness (QED) is 0.529. The first-order valence-electron chi connectivity index (χ1n) is 11.1. The molecule has 1 aromatic carbocycles. The van der Waals surface area contributed by atoms with Gasteiger partial charge in [0.2, 0.25) is 0 Å². The number of benzene rings is 1. The molecule has 3 aromatic heterocycles. The van der Waals surface area contributed by atoms with Crippen LogP contribution in [-0.2, 0) is 6.54 Å². The van der Waals surface area contributed by atoms with Crippen LogP contribution in [0.3, 0.4) is 0 Å². The molecule has 2 aliphatic heterocycles. The molecule has 4 aromatic rings. The second-order valence-electron chi connectivity index (χ2n) is 8.72. The summed E-state index contributed by atoms with van der Waals surface area (Å²) < 4.78 is 1.93. The third kappa shape index (κ3) is 3.57. The van der Waals surface area contributed by atoms with Crippen molar-refractivity contribution in [1.29, 1.82) is 0 Å². The van der Waals surface area contributed by atoms with Gasteiger partial charge in [-0.05, 0) is 55.5 Å². The molecular weight excluding hydrogens is 384 g/mol. The zero-order valence-corrected chi connectivity index (χ0v) is 17.4. The highest BCUT2D eigenvalue weighted by Gasteiger charge is 2.40. The van der Waals surface area contributed by atoms with Gasteiger partial charge in [0, 0.05) is 42.6 Å². The minimum Gasteiger partial charge on any atom is -0.366 e. The normalized spacial score (nSPS) is 23.3. The first kappa shape index (κ1) is 18.5. The SMILES string of the molecule is c1ccc(CN2C3CCC2CC(Nc2ccc4ncc(-c5ccncc5)n4n2)C3)cc1. The summed E-state index contributed by atoms with van der Waals surface area (Å²) in [4.78, 5) is 11.4. The van der Waals surface area contributed by atoms with Crippen LogP contribution in [0.25, 0.3) is 16.9 Å². The molecule has 2 aliphatic rings. The van der Waals surface area contributed by atoms with E-state index in [-0.39, 0.29) is 0 Å². The van der Waals surface area contributed by atoms with Gasteiger partial charge in [-0.25, -0.2) is 9.50 Å². The number of piperidine rings is 1. The average molecular weight is 411 g/mol. The summed E-state index contributed by atoms with van der Waals surface area (Å²) in [6.07, 6.45) is 10.4. The Hall–Kier alpha value is -3.25. The Morgan fingerprint density at radius 2 is 1.68 bits per heavy atom. The first-order valence-corrected chi connectivity index (χ1v) is 11.1. The molecule has 0 radical (unpaired) electrons. The molecule has 0 amide bonds. The zero-order chi connectivity index (χ0) is 20.6. The lowest BCUT2D eigenvalue weighted by Gasteiger charge is -2.39. The third-order valence-electron chi connectivity index (χ3n) is 6.78. The summed E-state index contributed by atoms with van der Waals surface area (Å²) in [6, 6.07) is 20.7. The minimum absolute atomic E-state index is 0.461. The minimum atomic E-state index is 0.461. The fourth-order valence-electron chi connectivity index (χ4n) is 5.32. The van der Waals surface area contributed by atoms with E-state index in [0.29, 0.717) is 18.1 Å². The van der Waals surface area contributed by atoms with Crippen molar-refractivity contribution in [2.24, 2.45) is 0 Å². The van der Waals surface area contributed by atoms with E-state index in [9.17, 15) is 0 Å². The van der Waals surface area contributed by atoms with Gasteiger partial charge in [-0.15, -0.1) is 5.10 Å². The Labute approximate surface area is 182 Å². The van der Waals surface area contributed by atoms with E-state index in [1.54, 1.807) is 12.4 Å². The van der Waals surface area contributed by atoms with Crippen LogP contribution >= 0.6 is 0 Å². The van der Waals surface area contributed by atoms with E-state index >= 15 is 0 Å². The molecule has 156 valence electrons. The predicted octanol–water partition coefficient (Wildman–Crippen LogP) is 4.40. The van der Waals surface area contributed by atoms with Crippen molar-refractivity contribution < 1.29 is 0 Å². The second-order valence-corrected chi connectivity index (χ2v) is 8.72. The highest BCUT2D eigenvalue weighted by Crippen LogP contribution is 2.37. The van der Waals surface area contributed by atoms with Gasteiger partial charge in [-0.3, -0.25) is 9.88 Å². The molecule has 2 fully saturated rings. The van der Waals surface area contributed by atoms with E-state index in [2.05, 4.69) is 56.6 Å². The van der Waals surface area contributed by atoms with Crippen LogP contribution in [0.4, 0.5) is 5.82 Å². The van der Waals surface area contributed by atoms with Crippen molar-refractivity contribution in [3.63, 3.8) is 0 Å². The van der Waals surface area contributed by atoms with Gasteiger partial charge >= 0.3 is 0 Å². The van der Waals surface area contributed by atoms with Gasteiger partial charge < -0.3 is 5.32 Å². The molecule has 1 N–H and O–H groups in total. The number of hydrogen-bond acceptors (Lipinski definition) is 5. The van der Waals surface area contributed by atoms with Crippen molar-refractivity contribution in [2.75, 3.05) is 5.32 Å². The van der Waals surface area contributed by atoms with E-state index < -0.39 is 0 Å². The lowest BCUT2D eigenvalue weighted by Crippen LogP contribution is -2.46. The fraction of sp³-hybridized carbons (Fsp3) is 0.320. The van der Waals surface area contributed by atoms with Gasteiger partial charge in [0.15, 0.2) is 5.65 Å². The summed E-state index contributed by atoms with van der Waals surface area (Å²) in [6.45, 7) is 1.07. The maximum atomic E-state index is 4.87. The molecular formula is C25H26N6. The van der Waals surface area contributed by atoms with Gasteiger partial charge in [0.05, 0.1) is 11.9 Å². The molecule has 31 heavy (non-hydrogen) atoms. The molecule has 6 heteroatoms. The molecule has 6 nitrogen and oxygen atoms in total. The number of rotatable bonds is 5. The summed E-state index contributed by atoms with van der Waals surface area (Å²) in [5.74, 6) is 0.918. The Balaban J connectivity index is 1.19. The third-order valence-corrected chi connectivity index (χ3v) is 6.78. The highest BCUT2D eigenvalue weighted by atomic mass is 15.3. The molecule has 2 saturated heterocycles. The molecule has 5 heterocycles. The van der Waals surface area contributed by atoms with Crippen molar-refractivity contribution in [3.05, 3.63) is 78.8 Å². The number of pyridine rings is 1. The number of imidazole rings is 1. The van der Waals surface area contributed by atoms with Crippen molar-refractivity contribution in [2.45, 2.75) is 50.4 Å². The number of nitrogens with zero attached hydrogens (tertiary/aromatic N) is 5. The Morgan fingerprint density at radius 1 is 0.903 bits per heavy atom. The van der Waals surface area contributed by atoms with Gasteiger partial charge in [0.25, 0.3) is 0 Å². The predicted molar refractivity (Wildman–Crippen MR) is 122 cm³/mol. The summed E-state index contributed by atoms with van der Waals surface area (Å²) in [7, 11) is 0. The molecule has 0 aliphatic carbocycles. The van der Waals surface area contributed by atoms with E-state index in [1.165, 1.54) is 31.2 Å². The van der Waals surface area contributed by atoms with E-state index in [4.69, 9.17) is 5.10 Å². The van der Waals surface area contributed by atoms with Crippen LogP contribution in [-0.4, -0.2) is 42.6 Å². The maximum absolute atomic E-state index is 4.87. The van der Waals surface area contributed by atoms with Gasteiger partial charge in [-0.1, -0.05) is 30.3 Å². The summed E-state index contributed by atoms with van der Waals surface area (Å²) >= 11 is 0. The largest absolute Gasteiger partial charge is 0.366 e. The summed E-state index contributed by atoms with van der Waals surface area (Å²) in [5, 5.41) is 8.60. The zero-order valence-electron chi connectivity index (χ0n) is 17.4. The number of fused-ring (bicyclic) bond motifs is 3. The monoisotopic (exact) mass is 410 g/mol. The van der Waals surface area contributed by atoms with Gasteiger partial charge in [-0.2, -0.15) is 0 Å². The summed E-state index contributed by atoms with van der Waals surface area (Å²) in [5.41, 5.74) is 4.33. The van der Waals surface area contributed by atoms with E-state index in [0.717, 1.165) is 29.3 Å². The molecule has 0 saturated carbocycles. The highest BCUT2D eigenvalue weighted by molar-refractivity contribution is 5.63. The molecule has 6 rings (SSSR count). The molecule has 0 spiro atoms. The van der Waals surface area contributed by atoms with Crippen LogP contribution in [0.5, 0.6) is 0 Å². The maximum Gasteiger partial charge on any atom is 0.154 e. The lowest BCUT2D eigenvalue weighted by molar-refractivity contribution is 0.124. The first-order chi connectivity index (χ1) is 15.3. The Morgan fingerprint density at radius 3 is 2.45 bits per heavy atom. The van der Waals surface area contributed by atoms with E-state index in [1.807, 2.05) is 28.9 Å². The van der Waals surface area contributed by atoms with Crippen LogP contribution in [0, 0.1) is 0 Å². The number of aromatic nitrogens is 4. The number of anilines is 1. The van der Waals surface area contributed by atoms with Crippen molar-refractivity contribution in [3.8, 4) is 11.3 Å². The molecule has 2 atom stereocenters. The second kappa shape index (κ2) is 7.78. The topological polar surface area (TPSA) is 58.3 Å². The smallest absolute Gasteiger partial charge is 0.154 e. The van der Waals surface area contributed by atoms with Crippen LogP contribution in [0.1, 0.15) is 31.2 Å². The van der Waals surface area contributed by atoms with Gasteiger partial charge in [0.1, 0.15) is 5.82 Å². The van der Waals surface area contributed by atoms with Crippen LogP contribution in [0.2, 0.25) is 0 Å². The van der Waals surface area contributed by atoms with Crippen LogP contribution < -0.4 is 5.32 Å². The van der Waals surface area contributed by atoms with Crippen molar-refractivity contribution >= 4 is 11.5 Å².